The molecule has 16 heteroatoms. The van der Waals surface area contributed by atoms with Gasteiger partial charge in [0.1, 0.15) is 18.1 Å². The van der Waals surface area contributed by atoms with Gasteiger partial charge in [0.25, 0.3) is 0 Å². The Hall–Kier alpha value is -3.40. The van der Waals surface area contributed by atoms with Gasteiger partial charge < -0.3 is 42.7 Å². The number of primary amides is 1. The van der Waals surface area contributed by atoms with Crippen LogP contribution in [0.15, 0.2) is 0 Å². The number of carboxylic acid groups (broad SMARTS) is 3. The first-order chi connectivity index (χ1) is 15.3. The second-order valence-corrected chi connectivity index (χ2v) is 7.76. The van der Waals surface area contributed by atoms with Crippen LogP contribution in [0.1, 0.15) is 25.7 Å². The first-order valence-electron chi connectivity index (χ1n) is 9.38. The minimum atomic E-state index is -1.76. The van der Waals surface area contributed by atoms with Gasteiger partial charge in [-0.05, 0) is 18.4 Å². The highest BCUT2D eigenvalue weighted by Crippen LogP contribution is 2.05. The van der Waals surface area contributed by atoms with Crippen LogP contribution in [-0.2, 0) is 33.6 Å². The van der Waals surface area contributed by atoms with Crippen molar-refractivity contribution >= 4 is 53.3 Å². The molecular weight excluding hydrogens is 466 g/mol. The third-order valence-corrected chi connectivity index (χ3v) is 4.65. The summed E-state index contributed by atoms with van der Waals surface area (Å²) in [7, 11) is 0. The summed E-state index contributed by atoms with van der Waals surface area (Å²) in [6, 6.07) is -6.28. The van der Waals surface area contributed by atoms with E-state index in [1.54, 1.807) is 6.26 Å². The predicted octanol–water partition coefficient (Wildman–Crippen LogP) is -3.57. The summed E-state index contributed by atoms with van der Waals surface area (Å²) < 4.78 is 0. The van der Waals surface area contributed by atoms with E-state index in [2.05, 4.69) is 10.6 Å². The number of amides is 4. The molecule has 0 radical (unpaired) electrons. The van der Waals surface area contributed by atoms with Crippen LogP contribution in [0, 0.1) is 0 Å². The lowest BCUT2D eigenvalue weighted by Crippen LogP contribution is -2.58. The van der Waals surface area contributed by atoms with Crippen LogP contribution in [0.2, 0.25) is 0 Å². The van der Waals surface area contributed by atoms with E-state index in [4.69, 9.17) is 26.8 Å². The van der Waals surface area contributed by atoms with Crippen molar-refractivity contribution < 1.29 is 48.9 Å². The fraction of sp³-hybridized carbons (Fsp3) is 0.588. The smallest absolute Gasteiger partial charge is 0.326 e. The Morgan fingerprint density at radius 1 is 0.758 bits per heavy atom. The number of carbonyl (C=O) groups excluding carboxylic acids is 4. The molecule has 0 saturated carbocycles. The predicted molar refractivity (Wildman–Crippen MR) is 113 cm³/mol. The van der Waals surface area contributed by atoms with Gasteiger partial charge in [0, 0.05) is 0 Å². The van der Waals surface area contributed by atoms with Gasteiger partial charge >= 0.3 is 17.9 Å². The quantitative estimate of drug-likeness (QED) is 0.104. The van der Waals surface area contributed by atoms with Crippen LogP contribution in [-0.4, -0.2) is 93.0 Å². The van der Waals surface area contributed by atoms with E-state index in [1.807, 2.05) is 5.32 Å². The maximum absolute atomic E-state index is 12.7. The molecular formula is C17H27N5O10S. The number of hydrogen-bond donors (Lipinski definition) is 8. The van der Waals surface area contributed by atoms with Gasteiger partial charge in [-0.15, -0.1) is 0 Å². The highest BCUT2D eigenvalue weighted by Gasteiger charge is 2.32. The molecule has 0 rings (SSSR count). The Bertz CT molecular complexity index is 777. The minimum absolute atomic E-state index is 0.0272. The largest absolute Gasteiger partial charge is 0.481 e. The van der Waals surface area contributed by atoms with Crippen molar-refractivity contribution in [1.82, 2.24) is 16.0 Å². The molecule has 0 aromatic rings. The summed E-state index contributed by atoms with van der Waals surface area (Å²) in [6.45, 7) is 0. The average molecular weight is 493 g/mol. The van der Waals surface area contributed by atoms with Crippen LogP contribution < -0.4 is 27.4 Å². The molecule has 0 fully saturated rings. The van der Waals surface area contributed by atoms with Crippen LogP contribution >= 0.6 is 11.8 Å². The molecule has 15 nitrogen and oxygen atoms in total. The number of carbonyl (C=O) groups is 7. The average Bonchev–Trinajstić information content (AvgIpc) is 2.68. The molecule has 186 valence electrons. The Labute approximate surface area is 192 Å². The standard InChI is InChI=1S/C17H27N5O10S/c1-33-3-2-8(20-14(28)7(18)4-12(24)25)15(29)21-9(6-13(26)27)16(30)22-10(17(31)32)5-11(19)23/h7-10H,2-6,18H2,1H3,(H2,19,23)(H,20,28)(H,21,29)(H,22,30)(H,24,25)(H,26,27)(H,31,32). The first-order valence-corrected chi connectivity index (χ1v) is 10.8. The van der Waals surface area contributed by atoms with E-state index >= 15 is 0 Å². The molecule has 0 spiro atoms. The monoisotopic (exact) mass is 493 g/mol. The molecule has 0 aromatic carbocycles. The highest BCUT2D eigenvalue weighted by molar-refractivity contribution is 7.98. The Morgan fingerprint density at radius 3 is 1.70 bits per heavy atom. The van der Waals surface area contributed by atoms with E-state index in [0.29, 0.717) is 5.75 Å². The number of nitrogens with two attached hydrogens (primary N) is 2. The van der Waals surface area contributed by atoms with Gasteiger partial charge in [0.05, 0.1) is 25.3 Å². The molecule has 0 heterocycles. The Morgan fingerprint density at radius 2 is 1.24 bits per heavy atom. The molecule has 10 N–H and O–H groups in total. The summed E-state index contributed by atoms with van der Waals surface area (Å²) in [6.07, 6.45) is -0.689. The summed E-state index contributed by atoms with van der Waals surface area (Å²) in [5, 5.41) is 33.2. The third-order valence-electron chi connectivity index (χ3n) is 4.01. The van der Waals surface area contributed by atoms with Crippen molar-refractivity contribution in [3.05, 3.63) is 0 Å². The molecule has 4 atom stereocenters. The number of thioether (sulfide) groups is 1. The third kappa shape index (κ3) is 12.3. The zero-order valence-corrected chi connectivity index (χ0v) is 18.4. The minimum Gasteiger partial charge on any atom is -0.481 e. The molecule has 0 bridgehead atoms. The van der Waals surface area contributed by atoms with Crippen LogP contribution in [0.3, 0.4) is 0 Å². The van der Waals surface area contributed by atoms with Gasteiger partial charge in [-0.25, -0.2) is 4.79 Å². The Kier molecular flexibility index (Phi) is 13.1. The van der Waals surface area contributed by atoms with Gasteiger partial charge in [0.2, 0.25) is 23.6 Å². The van der Waals surface area contributed by atoms with E-state index < -0.39 is 85.0 Å². The topological polar surface area (TPSA) is 268 Å². The lowest BCUT2D eigenvalue weighted by molar-refractivity contribution is -0.144. The molecule has 0 saturated heterocycles. The summed E-state index contributed by atoms with van der Waals surface area (Å²) >= 11 is 1.31. The molecule has 4 amide bonds. The van der Waals surface area contributed by atoms with Gasteiger partial charge in [-0.1, -0.05) is 0 Å². The van der Waals surface area contributed by atoms with Crippen molar-refractivity contribution in [3.63, 3.8) is 0 Å². The van der Waals surface area contributed by atoms with Crippen molar-refractivity contribution in [2.45, 2.75) is 49.9 Å². The van der Waals surface area contributed by atoms with Gasteiger partial charge in [-0.2, -0.15) is 11.8 Å². The number of rotatable bonds is 16. The lowest BCUT2D eigenvalue weighted by atomic mass is 10.1. The molecule has 33 heavy (non-hydrogen) atoms. The second kappa shape index (κ2) is 14.6. The van der Waals surface area contributed by atoms with E-state index in [9.17, 15) is 33.6 Å². The van der Waals surface area contributed by atoms with Crippen molar-refractivity contribution in [2.75, 3.05) is 12.0 Å². The normalized spacial score (nSPS) is 14.1. The fourth-order valence-corrected chi connectivity index (χ4v) is 2.87. The number of carboxylic acids is 3. The first kappa shape index (κ1) is 29.6. The highest BCUT2D eigenvalue weighted by atomic mass is 32.2. The Balaban J connectivity index is 5.51. The number of hydrogen-bond acceptors (Lipinski definition) is 9. The van der Waals surface area contributed by atoms with E-state index in [0.717, 1.165) is 0 Å². The van der Waals surface area contributed by atoms with Gasteiger partial charge in [0.15, 0.2) is 0 Å². The van der Waals surface area contributed by atoms with E-state index in [-0.39, 0.29) is 6.42 Å². The van der Waals surface area contributed by atoms with E-state index in [1.165, 1.54) is 11.8 Å². The molecule has 0 aliphatic heterocycles. The lowest BCUT2D eigenvalue weighted by Gasteiger charge is -2.24. The van der Waals surface area contributed by atoms with Crippen LogP contribution in [0.5, 0.6) is 0 Å². The summed E-state index contributed by atoms with van der Waals surface area (Å²) in [4.78, 5) is 81.2. The summed E-state index contributed by atoms with van der Waals surface area (Å²) in [5.41, 5.74) is 10.4. The zero-order valence-electron chi connectivity index (χ0n) is 17.6. The zero-order chi connectivity index (χ0) is 25.7. The summed E-state index contributed by atoms with van der Waals surface area (Å²) in [5.74, 6) is -8.30. The second-order valence-electron chi connectivity index (χ2n) is 6.78. The van der Waals surface area contributed by atoms with Crippen molar-refractivity contribution in [1.29, 1.82) is 0 Å². The SMILES string of the molecule is CSCCC(NC(=O)C(N)CC(=O)O)C(=O)NC(CC(=O)O)C(=O)NC(CC(N)=O)C(=O)O. The number of aliphatic carboxylic acids is 3. The molecule has 0 aliphatic rings. The maximum Gasteiger partial charge on any atom is 0.326 e. The molecule has 0 aliphatic carbocycles. The van der Waals surface area contributed by atoms with Crippen LogP contribution in [0.4, 0.5) is 0 Å². The fourth-order valence-electron chi connectivity index (χ4n) is 2.39. The van der Waals surface area contributed by atoms with Crippen LogP contribution in [0.25, 0.3) is 0 Å². The van der Waals surface area contributed by atoms with Crippen molar-refractivity contribution in [3.8, 4) is 0 Å². The van der Waals surface area contributed by atoms with Gasteiger partial charge in [-0.3, -0.25) is 28.8 Å². The number of nitrogens with one attached hydrogen (secondary N) is 3. The molecule has 0 aromatic heterocycles. The van der Waals surface area contributed by atoms with Crippen molar-refractivity contribution in [2.24, 2.45) is 11.5 Å². The molecule has 4 unspecified atom stereocenters. The maximum atomic E-state index is 12.7.